The number of amides is 2. The summed E-state index contributed by atoms with van der Waals surface area (Å²) in [6, 6.07) is -1.17. The van der Waals surface area contributed by atoms with E-state index in [0.29, 0.717) is 13.1 Å². The van der Waals surface area contributed by atoms with Crippen molar-refractivity contribution in [1.29, 1.82) is 0 Å². The van der Waals surface area contributed by atoms with Crippen LogP contribution in [0, 0.1) is 0 Å². The standard InChI is InChI=1S/C8H13N3O4/c9-5(4-6(10)12)7(13)15-8(14)11-2-1-3-11/h5H,1-4,9H2,(H2,10,12)/t5-/m0/s1. The zero-order chi connectivity index (χ0) is 11.4. The van der Waals surface area contributed by atoms with Crippen LogP contribution < -0.4 is 11.5 Å². The van der Waals surface area contributed by atoms with E-state index in [4.69, 9.17) is 11.5 Å². The van der Waals surface area contributed by atoms with Gasteiger partial charge in [0.1, 0.15) is 6.04 Å². The maximum Gasteiger partial charge on any atom is 0.417 e. The fraction of sp³-hybridized carbons (Fsp3) is 0.625. The van der Waals surface area contributed by atoms with Gasteiger partial charge in [-0.1, -0.05) is 0 Å². The van der Waals surface area contributed by atoms with Crippen molar-refractivity contribution in [3.8, 4) is 0 Å². The molecule has 0 aromatic heterocycles. The van der Waals surface area contributed by atoms with E-state index in [2.05, 4.69) is 4.74 Å². The molecule has 1 heterocycles. The lowest BCUT2D eigenvalue weighted by Gasteiger charge is -2.29. The van der Waals surface area contributed by atoms with Crippen LogP contribution in [0.3, 0.4) is 0 Å². The summed E-state index contributed by atoms with van der Waals surface area (Å²) < 4.78 is 4.43. The monoisotopic (exact) mass is 215 g/mol. The maximum atomic E-state index is 11.1. The van der Waals surface area contributed by atoms with Gasteiger partial charge in [0.05, 0.1) is 6.42 Å². The number of carbonyl (C=O) groups is 3. The SMILES string of the molecule is NC(=O)C[C@H](N)C(=O)OC(=O)N1CCC1. The molecule has 0 spiro atoms. The number of carbonyl (C=O) groups excluding carboxylic acids is 3. The molecule has 1 fully saturated rings. The molecule has 0 bridgehead atoms. The van der Waals surface area contributed by atoms with Gasteiger partial charge in [-0.3, -0.25) is 4.79 Å². The minimum Gasteiger partial charge on any atom is -0.375 e. The summed E-state index contributed by atoms with van der Waals surface area (Å²) in [6.07, 6.45) is -0.144. The fourth-order valence-electron chi connectivity index (χ4n) is 1.03. The van der Waals surface area contributed by atoms with E-state index in [1.165, 1.54) is 4.90 Å². The molecule has 7 heteroatoms. The Morgan fingerprint density at radius 3 is 2.33 bits per heavy atom. The molecule has 1 atom stereocenters. The summed E-state index contributed by atoms with van der Waals surface area (Å²) in [5, 5.41) is 0. The number of nitrogens with two attached hydrogens (primary N) is 2. The largest absolute Gasteiger partial charge is 0.417 e. The molecule has 0 aromatic carbocycles. The molecule has 0 aliphatic carbocycles. The lowest BCUT2D eigenvalue weighted by atomic mass is 10.2. The van der Waals surface area contributed by atoms with Gasteiger partial charge in [-0.2, -0.15) is 0 Å². The number of rotatable bonds is 3. The Morgan fingerprint density at radius 1 is 1.33 bits per heavy atom. The molecule has 1 rings (SSSR count). The second-order valence-corrected chi connectivity index (χ2v) is 3.30. The van der Waals surface area contributed by atoms with Crippen LogP contribution in [0.2, 0.25) is 0 Å². The Kier molecular flexibility index (Phi) is 3.62. The van der Waals surface area contributed by atoms with E-state index < -0.39 is 24.0 Å². The number of ether oxygens (including phenoxy) is 1. The first-order valence-electron chi connectivity index (χ1n) is 4.55. The molecule has 84 valence electrons. The molecule has 0 unspecified atom stereocenters. The molecule has 0 saturated carbocycles. The Labute approximate surface area is 86.3 Å². The van der Waals surface area contributed by atoms with E-state index in [-0.39, 0.29) is 6.42 Å². The van der Waals surface area contributed by atoms with Crippen LogP contribution in [0.1, 0.15) is 12.8 Å². The molecular weight excluding hydrogens is 202 g/mol. The molecular formula is C8H13N3O4. The van der Waals surface area contributed by atoms with Crippen molar-refractivity contribution in [2.24, 2.45) is 11.5 Å². The summed E-state index contributed by atoms with van der Waals surface area (Å²) in [6.45, 7) is 1.16. The zero-order valence-corrected chi connectivity index (χ0v) is 8.14. The zero-order valence-electron chi connectivity index (χ0n) is 8.14. The number of hydrogen-bond acceptors (Lipinski definition) is 5. The predicted octanol–water partition coefficient (Wildman–Crippen LogP) is -1.44. The molecule has 15 heavy (non-hydrogen) atoms. The first-order chi connectivity index (χ1) is 7.00. The van der Waals surface area contributed by atoms with Crippen molar-refractivity contribution >= 4 is 18.0 Å². The predicted molar refractivity (Wildman–Crippen MR) is 49.5 cm³/mol. The minimum atomic E-state index is -1.17. The normalized spacial score (nSPS) is 16.5. The summed E-state index contributed by atoms with van der Waals surface area (Å²) in [5.74, 6) is -1.64. The number of hydrogen-bond donors (Lipinski definition) is 2. The van der Waals surface area contributed by atoms with Crippen LogP contribution in [-0.4, -0.2) is 42.0 Å². The number of primary amides is 1. The van der Waals surface area contributed by atoms with Gasteiger partial charge >= 0.3 is 12.1 Å². The maximum absolute atomic E-state index is 11.1. The van der Waals surface area contributed by atoms with E-state index in [1.54, 1.807) is 0 Å². The van der Waals surface area contributed by atoms with Gasteiger partial charge in [-0.25, -0.2) is 9.59 Å². The Bertz CT molecular complexity index is 288. The number of esters is 1. The lowest BCUT2D eigenvalue weighted by molar-refractivity contribution is -0.141. The van der Waals surface area contributed by atoms with Crippen molar-refractivity contribution < 1.29 is 19.1 Å². The van der Waals surface area contributed by atoms with Crippen molar-refractivity contribution in [2.75, 3.05) is 13.1 Å². The Hall–Kier alpha value is -1.63. The highest BCUT2D eigenvalue weighted by atomic mass is 16.6. The van der Waals surface area contributed by atoms with Gasteiger partial charge in [0.15, 0.2) is 0 Å². The molecule has 4 N–H and O–H groups in total. The van der Waals surface area contributed by atoms with Crippen molar-refractivity contribution in [1.82, 2.24) is 4.90 Å². The van der Waals surface area contributed by atoms with Crippen LogP contribution in [-0.2, 0) is 14.3 Å². The van der Waals surface area contributed by atoms with Crippen LogP contribution >= 0.6 is 0 Å². The van der Waals surface area contributed by atoms with E-state index in [9.17, 15) is 14.4 Å². The second-order valence-electron chi connectivity index (χ2n) is 3.30. The fourth-order valence-corrected chi connectivity index (χ4v) is 1.03. The molecule has 1 aliphatic heterocycles. The lowest BCUT2D eigenvalue weighted by Crippen LogP contribution is -2.45. The van der Waals surface area contributed by atoms with Gasteiger partial charge < -0.3 is 21.1 Å². The van der Waals surface area contributed by atoms with Crippen molar-refractivity contribution in [3.05, 3.63) is 0 Å². The molecule has 2 amide bonds. The molecule has 0 radical (unpaired) electrons. The summed E-state index contributed by atoms with van der Waals surface area (Å²) in [4.78, 5) is 34.1. The van der Waals surface area contributed by atoms with Crippen LogP contribution in [0.25, 0.3) is 0 Å². The van der Waals surface area contributed by atoms with E-state index in [1.807, 2.05) is 0 Å². The van der Waals surface area contributed by atoms with Gasteiger partial charge in [-0.15, -0.1) is 0 Å². The third-order valence-electron chi connectivity index (χ3n) is 2.03. The van der Waals surface area contributed by atoms with Gasteiger partial charge in [0.25, 0.3) is 0 Å². The topological polar surface area (TPSA) is 116 Å². The van der Waals surface area contributed by atoms with Gasteiger partial charge in [0.2, 0.25) is 5.91 Å². The van der Waals surface area contributed by atoms with E-state index >= 15 is 0 Å². The average Bonchev–Trinajstić information content (AvgIpc) is 1.98. The smallest absolute Gasteiger partial charge is 0.375 e. The minimum absolute atomic E-state index is 0.327. The third kappa shape index (κ3) is 3.21. The van der Waals surface area contributed by atoms with Crippen LogP contribution in [0.4, 0.5) is 4.79 Å². The summed E-state index contributed by atoms with van der Waals surface area (Å²) in [7, 11) is 0. The highest BCUT2D eigenvalue weighted by Gasteiger charge is 2.26. The first-order valence-corrected chi connectivity index (χ1v) is 4.55. The first kappa shape index (κ1) is 11.4. The van der Waals surface area contributed by atoms with E-state index in [0.717, 1.165) is 6.42 Å². The Morgan fingerprint density at radius 2 is 1.93 bits per heavy atom. The van der Waals surface area contributed by atoms with Gasteiger partial charge in [-0.05, 0) is 6.42 Å². The number of likely N-dealkylation sites (tertiary alicyclic amines) is 1. The highest BCUT2D eigenvalue weighted by molar-refractivity contribution is 5.90. The molecule has 1 saturated heterocycles. The summed E-state index contributed by atoms with van der Waals surface area (Å²) in [5.41, 5.74) is 10.1. The van der Waals surface area contributed by atoms with Crippen LogP contribution in [0.15, 0.2) is 0 Å². The van der Waals surface area contributed by atoms with Crippen LogP contribution in [0.5, 0.6) is 0 Å². The molecule has 0 aromatic rings. The van der Waals surface area contributed by atoms with Crippen molar-refractivity contribution in [2.45, 2.75) is 18.9 Å². The molecule has 7 nitrogen and oxygen atoms in total. The van der Waals surface area contributed by atoms with Gasteiger partial charge in [0, 0.05) is 13.1 Å². The van der Waals surface area contributed by atoms with Crippen molar-refractivity contribution in [3.63, 3.8) is 0 Å². The second kappa shape index (κ2) is 4.74. The quantitative estimate of drug-likeness (QED) is 0.441. The highest BCUT2D eigenvalue weighted by Crippen LogP contribution is 2.08. The molecule has 1 aliphatic rings. The third-order valence-corrected chi connectivity index (χ3v) is 2.03. The number of nitrogens with zero attached hydrogens (tertiary/aromatic N) is 1. The Balaban J connectivity index is 2.33. The summed E-state index contributed by atoms with van der Waals surface area (Å²) >= 11 is 0. The average molecular weight is 215 g/mol.